The maximum Gasteiger partial charge on any atom is 0.160 e. The number of benzene rings is 9. The summed E-state index contributed by atoms with van der Waals surface area (Å²) in [5.41, 5.74) is 15.7. The van der Waals surface area contributed by atoms with Crippen LogP contribution in [0.3, 0.4) is 0 Å². The minimum atomic E-state index is 0.672. The zero-order valence-electron chi connectivity index (χ0n) is 34.2. The number of hydrogen-bond donors (Lipinski definition) is 0. The first-order valence-electron chi connectivity index (χ1n) is 21.4. The van der Waals surface area contributed by atoms with Gasteiger partial charge in [-0.1, -0.05) is 188 Å². The summed E-state index contributed by atoms with van der Waals surface area (Å²) < 4.78 is 2.38. The first-order valence-corrected chi connectivity index (χ1v) is 21.4. The second-order valence-electron chi connectivity index (χ2n) is 16.0. The van der Waals surface area contributed by atoms with E-state index in [1.807, 2.05) is 12.1 Å². The molecule has 0 aliphatic carbocycles. The van der Waals surface area contributed by atoms with Crippen LogP contribution in [0, 0.1) is 0 Å². The lowest BCUT2D eigenvalue weighted by molar-refractivity contribution is 1.18. The van der Waals surface area contributed by atoms with E-state index < -0.39 is 0 Å². The van der Waals surface area contributed by atoms with Gasteiger partial charge in [0.25, 0.3) is 0 Å². The molecule has 0 atom stereocenters. The first-order chi connectivity index (χ1) is 31.2. The Bertz CT molecular complexity index is 3530. The Morgan fingerprint density at radius 3 is 1.51 bits per heavy atom. The molecule has 0 fully saturated rings. The average Bonchev–Trinajstić information content (AvgIpc) is 3.71. The van der Waals surface area contributed by atoms with Gasteiger partial charge in [0, 0.05) is 54.9 Å². The Kier molecular flexibility index (Phi) is 8.79. The minimum Gasteiger partial charge on any atom is -0.309 e. The van der Waals surface area contributed by atoms with Gasteiger partial charge in [0.05, 0.1) is 33.6 Å². The van der Waals surface area contributed by atoms with Crippen LogP contribution in [-0.4, -0.2) is 19.5 Å². The zero-order chi connectivity index (χ0) is 41.7. The van der Waals surface area contributed by atoms with E-state index in [0.717, 1.165) is 72.4 Å². The number of rotatable bonds is 7. The van der Waals surface area contributed by atoms with E-state index in [2.05, 4.69) is 223 Å². The second kappa shape index (κ2) is 15.2. The van der Waals surface area contributed by atoms with Crippen molar-refractivity contribution >= 4 is 43.5 Å². The molecular formula is C59H38N4. The summed E-state index contributed by atoms with van der Waals surface area (Å²) in [4.78, 5) is 15.9. The summed E-state index contributed by atoms with van der Waals surface area (Å²) >= 11 is 0. The summed E-state index contributed by atoms with van der Waals surface area (Å²) in [5, 5.41) is 5.89. The minimum absolute atomic E-state index is 0.672. The van der Waals surface area contributed by atoms with Crippen LogP contribution < -0.4 is 0 Å². The van der Waals surface area contributed by atoms with E-state index in [-0.39, 0.29) is 0 Å². The molecule has 3 aromatic heterocycles. The fourth-order valence-electron chi connectivity index (χ4n) is 9.18. The molecule has 4 nitrogen and oxygen atoms in total. The molecule has 3 heterocycles. The Morgan fingerprint density at radius 1 is 0.286 bits per heavy atom. The molecule has 0 aliphatic rings. The molecule has 0 amide bonds. The number of nitrogens with zero attached hydrogens (tertiary/aromatic N) is 4. The maximum absolute atomic E-state index is 5.42. The molecule has 12 aromatic rings. The third-order valence-corrected chi connectivity index (χ3v) is 12.2. The van der Waals surface area contributed by atoms with Gasteiger partial charge in [-0.25, -0.2) is 15.0 Å². The molecular weight excluding hydrogens is 765 g/mol. The third kappa shape index (κ3) is 6.44. The monoisotopic (exact) mass is 802 g/mol. The Labute approximate surface area is 365 Å². The van der Waals surface area contributed by atoms with Crippen LogP contribution in [0.5, 0.6) is 0 Å². The molecule has 0 unspecified atom stereocenters. The predicted octanol–water partition coefficient (Wildman–Crippen LogP) is 15.3. The predicted molar refractivity (Wildman–Crippen MR) is 262 cm³/mol. The third-order valence-electron chi connectivity index (χ3n) is 12.2. The van der Waals surface area contributed by atoms with Gasteiger partial charge in [0.15, 0.2) is 5.82 Å². The Hall–Kier alpha value is -8.47. The summed E-state index contributed by atoms with van der Waals surface area (Å²) in [6.45, 7) is 0. The van der Waals surface area contributed by atoms with Crippen molar-refractivity contribution in [3.8, 4) is 73.1 Å². The molecule has 0 saturated carbocycles. The number of aromatic nitrogens is 4. The van der Waals surface area contributed by atoms with E-state index in [1.165, 1.54) is 38.3 Å². The number of para-hydroxylation sites is 3. The van der Waals surface area contributed by atoms with Gasteiger partial charge in [0.2, 0.25) is 0 Å². The molecule has 9 aromatic carbocycles. The molecule has 0 radical (unpaired) electrons. The van der Waals surface area contributed by atoms with Crippen molar-refractivity contribution in [2.45, 2.75) is 0 Å². The molecule has 0 aliphatic heterocycles. The Balaban J connectivity index is 1.03. The summed E-state index contributed by atoms with van der Waals surface area (Å²) in [6.07, 6.45) is 0. The van der Waals surface area contributed by atoms with Gasteiger partial charge in [-0.2, -0.15) is 0 Å². The smallest absolute Gasteiger partial charge is 0.160 e. The molecule has 12 rings (SSSR count). The summed E-state index contributed by atoms with van der Waals surface area (Å²) in [5.74, 6) is 0.672. The van der Waals surface area contributed by atoms with E-state index >= 15 is 0 Å². The standard InChI is InChI=1S/C59H38N4/c1-4-15-39(16-5-1)41-27-31-43(32-28-41)52-38-53(62-59(61-52)44-33-29-42(30-34-44)40-17-6-2-7-18-40)45-19-14-20-46(37-45)58-50-35-36-55-57(56(50)48-23-10-12-25-51(48)60-58)49-24-11-13-26-54(49)63(55)47-21-8-3-9-22-47/h1-38H. The highest BCUT2D eigenvalue weighted by Crippen LogP contribution is 2.43. The first kappa shape index (κ1) is 36.4. The van der Waals surface area contributed by atoms with Crippen molar-refractivity contribution in [2.75, 3.05) is 0 Å². The second-order valence-corrected chi connectivity index (χ2v) is 16.0. The van der Waals surface area contributed by atoms with Crippen molar-refractivity contribution in [3.05, 3.63) is 231 Å². The fraction of sp³-hybridized carbons (Fsp3) is 0. The van der Waals surface area contributed by atoms with Gasteiger partial charge < -0.3 is 4.57 Å². The van der Waals surface area contributed by atoms with Crippen LogP contribution in [0.2, 0.25) is 0 Å². The van der Waals surface area contributed by atoms with Crippen molar-refractivity contribution in [1.82, 2.24) is 19.5 Å². The van der Waals surface area contributed by atoms with Crippen molar-refractivity contribution < 1.29 is 0 Å². The van der Waals surface area contributed by atoms with Crippen molar-refractivity contribution in [2.24, 2.45) is 0 Å². The number of hydrogen-bond acceptors (Lipinski definition) is 3. The van der Waals surface area contributed by atoms with Crippen LogP contribution in [0.15, 0.2) is 231 Å². The normalized spacial score (nSPS) is 11.5. The molecule has 0 spiro atoms. The molecule has 0 N–H and O–H groups in total. The largest absolute Gasteiger partial charge is 0.309 e. The highest BCUT2D eigenvalue weighted by Gasteiger charge is 2.20. The van der Waals surface area contributed by atoms with Gasteiger partial charge in [-0.3, -0.25) is 0 Å². The molecule has 0 bridgehead atoms. The van der Waals surface area contributed by atoms with Gasteiger partial charge in [-0.05, 0) is 64.7 Å². The van der Waals surface area contributed by atoms with E-state index in [9.17, 15) is 0 Å². The van der Waals surface area contributed by atoms with Crippen molar-refractivity contribution in [1.29, 1.82) is 0 Å². The quantitative estimate of drug-likeness (QED) is 0.151. The molecule has 63 heavy (non-hydrogen) atoms. The molecule has 294 valence electrons. The number of pyridine rings is 1. The lowest BCUT2D eigenvalue weighted by Gasteiger charge is -2.14. The SMILES string of the molecule is c1ccc(-c2ccc(-c3cc(-c4cccc(-c5nc6ccccc6c6c5ccc5c6c6ccccc6n5-c5ccccc5)c4)nc(-c4ccc(-c5ccccc5)cc4)n3)cc2)cc1. The maximum atomic E-state index is 5.42. The fourth-order valence-corrected chi connectivity index (χ4v) is 9.18. The highest BCUT2D eigenvalue weighted by molar-refractivity contribution is 6.29. The molecule has 4 heteroatoms. The van der Waals surface area contributed by atoms with E-state index in [0.29, 0.717) is 5.82 Å². The van der Waals surface area contributed by atoms with Crippen LogP contribution >= 0.6 is 0 Å². The lowest BCUT2D eigenvalue weighted by Crippen LogP contribution is -1.97. The van der Waals surface area contributed by atoms with Crippen LogP contribution in [0.25, 0.3) is 117 Å². The van der Waals surface area contributed by atoms with Crippen LogP contribution in [0.1, 0.15) is 0 Å². The van der Waals surface area contributed by atoms with Crippen molar-refractivity contribution in [3.63, 3.8) is 0 Å². The van der Waals surface area contributed by atoms with Crippen LogP contribution in [0.4, 0.5) is 0 Å². The van der Waals surface area contributed by atoms with Gasteiger partial charge >= 0.3 is 0 Å². The lowest BCUT2D eigenvalue weighted by atomic mass is 9.95. The van der Waals surface area contributed by atoms with E-state index in [1.54, 1.807) is 0 Å². The molecule has 0 saturated heterocycles. The van der Waals surface area contributed by atoms with Gasteiger partial charge in [-0.15, -0.1) is 0 Å². The number of fused-ring (bicyclic) bond motifs is 7. The zero-order valence-corrected chi connectivity index (χ0v) is 34.2. The highest BCUT2D eigenvalue weighted by atomic mass is 15.0. The van der Waals surface area contributed by atoms with E-state index in [4.69, 9.17) is 15.0 Å². The van der Waals surface area contributed by atoms with Crippen LogP contribution in [-0.2, 0) is 0 Å². The van der Waals surface area contributed by atoms with Gasteiger partial charge in [0.1, 0.15) is 0 Å². The Morgan fingerprint density at radius 2 is 0.810 bits per heavy atom. The average molecular weight is 803 g/mol. The topological polar surface area (TPSA) is 43.6 Å². The summed E-state index contributed by atoms with van der Waals surface area (Å²) in [6, 6.07) is 81.4. The summed E-state index contributed by atoms with van der Waals surface area (Å²) in [7, 11) is 0.